The van der Waals surface area contributed by atoms with E-state index in [0.29, 0.717) is 0 Å². The van der Waals surface area contributed by atoms with Crippen molar-refractivity contribution >= 4 is 0 Å². The van der Waals surface area contributed by atoms with Crippen molar-refractivity contribution in [2.24, 2.45) is 0 Å². The molecule has 18 heavy (non-hydrogen) atoms. The standard InChI is InChI=1S/C16H18N2/c1-2-5-14(6-3-1)12-18(16-8-9-16)13-15-7-4-10-17-11-15/h1-7,10-11,16H,8-9,12-13H2. The summed E-state index contributed by atoms with van der Waals surface area (Å²) in [5.41, 5.74) is 2.70. The molecule has 0 bridgehead atoms. The first-order valence-electron chi connectivity index (χ1n) is 6.59. The average Bonchev–Trinajstić information content (AvgIpc) is 3.25. The molecule has 0 aliphatic heterocycles. The van der Waals surface area contributed by atoms with Gasteiger partial charge in [-0.3, -0.25) is 9.88 Å². The Kier molecular flexibility index (Phi) is 3.37. The van der Waals surface area contributed by atoms with Crippen LogP contribution in [0.5, 0.6) is 0 Å². The number of aromatic nitrogens is 1. The molecule has 2 heteroatoms. The third kappa shape index (κ3) is 2.96. The van der Waals surface area contributed by atoms with Crippen molar-refractivity contribution in [1.82, 2.24) is 9.88 Å². The minimum Gasteiger partial charge on any atom is -0.292 e. The molecule has 0 unspecified atom stereocenters. The van der Waals surface area contributed by atoms with Crippen LogP contribution in [-0.2, 0) is 13.1 Å². The first-order chi connectivity index (χ1) is 8.92. The molecule has 1 saturated carbocycles. The number of rotatable bonds is 5. The summed E-state index contributed by atoms with van der Waals surface area (Å²) in [4.78, 5) is 6.76. The summed E-state index contributed by atoms with van der Waals surface area (Å²) in [6, 6.07) is 15.7. The van der Waals surface area contributed by atoms with Crippen molar-refractivity contribution in [3.05, 3.63) is 66.0 Å². The Hall–Kier alpha value is -1.67. The molecule has 1 aliphatic rings. The van der Waals surface area contributed by atoms with Crippen molar-refractivity contribution < 1.29 is 0 Å². The van der Waals surface area contributed by atoms with Crippen LogP contribution in [0.25, 0.3) is 0 Å². The van der Waals surface area contributed by atoms with Gasteiger partial charge < -0.3 is 0 Å². The van der Waals surface area contributed by atoms with Gasteiger partial charge in [-0.2, -0.15) is 0 Å². The zero-order chi connectivity index (χ0) is 12.2. The van der Waals surface area contributed by atoms with Crippen molar-refractivity contribution in [1.29, 1.82) is 0 Å². The second kappa shape index (κ2) is 5.32. The van der Waals surface area contributed by atoms with E-state index in [0.717, 1.165) is 19.1 Å². The van der Waals surface area contributed by atoms with Crippen LogP contribution in [0.4, 0.5) is 0 Å². The Bertz CT molecular complexity index is 435. The second-order valence-corrected chi connectivity index (χ2v) is 4.98. The van der Waals surface area contributed by atoms with Crippen molar-refractivity contribution in [3.63, 3.8) is 0 Å². The van der Waals surface area contributed by atoms with Gasteiger partial charge in [0.25, 0.3) is 0 Å². The first-order valence-corrected chi connectivity index (χ1v) is 6.59. The third-order valence-electron chi connectivity index (χ3n) is 3.40. The fourth-order valence-electron chi connectivity index (χ4n) is 2.30. The zero-order valence-corrected chi connectivity index (χ0v) is 10.5. The molecule has 0 amide bonds. The minimum atomic E-state index is 0.769. The molecule has 0 atom stereocenters. The smallest absolute Gasteiger partial charge is 0.0312 e. The Morgan fingerprint density at radius 2 is 1.67 bits per heavy atom. The first kappa shape index (κ1) is 11.4. The van der Waals surface area contributed by atoms with Gasteiger partial charge in [-0.1, -0.05) is 36.4 Å². The second-order valence-electron chi connectivity index (χ2n) is 4.98. The van der Waals surface area contributed by atoms with Gasteiger partial charge in [-0.05, 0) is 30.0 Å². The predicted octanol–water partition coefficient (Wildman–Crippen LogP) is 3.25. The number of pyridine rings is 1. The molecular formula is C16H18N2. The largest absolute Gasteiger partial charge is 0.292 e. The average molecular weight is 238 g/mol. The molecule has 0 radical (unpaired) electrons. The van der Waals surface area contributed by atoms with Crippen LogP contribution in [-0.4, -0.2) is 15.9 Å². The van der Waals surface area contributed by atoms with Crippen molar-refractivity contribution in [2.45, 2.75) is 32.0 Å². The fourth-order valence-corrected chi connectivity index (χ4v) is 2.30. The number of hydrogen-bond donors (Lipinski definition) is 0. The minimum absolute atomic E-state index is 0.769. The van der Waals surface area contributed by atoms with Crippen molar-refractivity contribution in [3.8, 4) is 0 Å². The van der Waals surface area contributed by atoms with Gasteiger partial charge in [0, 0.05) is 31.5 Å². The molecule has 0 N–H and O–H groups in total. The van der Waals surface area contributed by atoms with E-state index in [1.165, 1.54) is 24.0 Å². The summed E-state index contributed by atoms with van der Waals surface area (Å²) >= 11 is 0. The van der Waals surface area contributed by atoms with E-state index in [9.17, 15) is 0 Å². The molecule has 1 aliphatic carbocycles. The quantitative estimate of drug-likeness (QED) is 0.795. The Labute approximate surface area is 108 Å². The summed E-state index contributed by atoms with van der Waals surface area (Å²) in [5, 5.41) is 0. The van der Waals surface area contributed by atoms with Crippen LogP contribution in [0.1, 0.15) is 24.0 Å². The monoisotopic (exact) mass is 238 g/mol. The Morgan fingerprint density at radius 1 is 0.944 bits per heavy atom. The molecule has 0 spiro atoms. The highest BCUT2D eigenvalue weighted by atomic mass is 15.2. The van der Waals surface area contributed by atoms with Gasteiger partial charge in [0.2, 0.25) is 0 Å². The summed E-state index contributed by atoms with van der Waals surface area (Å²) < 4.78 is 0. The Balaban J connectivity index is 1.69. The molecule has 1 heterocycles. The van der Waals surface area contributed by atoms with Crippen LogP contribution in [0, 0.1) is 0 Å². The predicted molar refractivity (Wildman–Crippen MR) is 72.9 cm³/mol. The summed E-state index contributed by atoms with van der Waals surface area (Å²) in [6.45, 7) is 2.05. The normalized spacial score (nSPS) is 14.9. The molecule has 3 rings (SSSR count). The topological polar surface area (TPSA) is 16.1 Å². The highest BCUT2D eigenvalue weighted by Crippen LogP contribution is 2.29. The summed E-state index contributed by atoms with van der Waals surface area (Å²) in [5.74, 6) is 0. The lowest BCUT2D eigenvalue weighted by Crippen LogP contribution is -2.25. The highest BCUT2D eigenvalue weighted by Gasteiger charge is 2.28. The zero-order valence-electron chi connectivity index (χ0n) is 10.5. The maximum absolute atomic E-state index is 4.20. The number of nitrogens with zero attached hydrogens (tertiary/aromatic N) is 2. The van der Waals surface area contributed by atoms with Gasteiger partial charge in [0.1, 0.15) is 0 Å². The Morgan fingerprint density at radius 3 is 2.33 bits per heavy atom. The van der Waals surface area contributed by atoms with Crippen LogP contribution in [0.3, 0.4) is 0 Å². The number of benzene rings is 1. The molecule has 2 nitrogen and oxygen atoms in total. The van der Waals surface area contributed by atoms with E-state index in [-0.39, 0.29) is 0 Å². The SMILES string of the molecule is c1ccc(CN(Cc2cccnc2)C2CC2)cc1. The number of hydrogen-bond acceptors (Lipinski definition) is 2. The van der Waals surface area contributed by atoms with Crippen LogP contribution in [0.2, 0.25) is 0 Å². The highest BCUT2D eigenvalue weighted by molar-refractivity contribution is 5.16. The van der Waals surface area contributed by atoms with E-state index in [4.69, 9.17) is 0 Å². The molecular weight excluding hydrogens is 220 g/mol. The van der Waals surface area contributed by atoms with Gasteiger partial charge >= 0.3 is 0 Å². The van der Waals surface area contributed by atoms with Gasteiger partial charge in [0.15, 0.2) is 0 Å². The van der Waals surface area contributed by atoms with E-state index < -0.39 is 0 Å². The molecule has 0 saturated heterocycles. The maximum atomic E-state index is 4.20. The lowest BCUT2D eigenvalue weighted by atomic mass is 10.2. The lowest BCUT2D eigenvalue weighted by Gasteiger charge is -2.22. The molecule has 92 valence electrons. The fraction of sp³-hybridized carbons (Fsp3) is 0.312. The van der Waals surface area contributed by atoms with E-state index in [1.54, 1.807) is 0 Å². The molecule has 1 fully saturated rings. The van der Waals surface area contributed by atoms with E-state index in [1.807, 2.05) is 18.5 Å². The summed E-state index contributed by atoms with van der Waals surface area (Å²) in [6.07, 6.45) is 6.49. The molecule has 2 aromatic rings. The lowest BCUT2D eigenvalue weighted by molar-refractivity contribution is 0.245. The van der Waals surface area contributed by atoms with Gasteiger partial charge in [-0.15, -0.1) is 0 Å². The molecule has 1 aromatic heterocycles. The van der Waals surface area contributed by atoms with Crippen molar-refractivity contribution in [2.75, 3.05) is 0 Å². The van der Waals surface area contributed by atoms with E-state index >= 15 is 0 Å². The third-order valence-corrected chi connectivity index (χ3v) is 3.40. The van der Waals surface area contributed by atoms with Gasteiger partial charge in [0.05, 0.1) is 0 Å². The van der Waals surface area contributed by atoms with Crippen LogP contribution < -0.4 is 0 Å². The van der Waals surface area contributed by atoms with Crippen LogP contribution >= 0.6 is 0 Å². The molecule has 1 aromatic carbocycles. The van der Waals surface area contributed by atoms with Crippen LogP contribution in [0.15, 0.2) is 54.9 Å². The van der Waals surface area contributed by atoms with Gasteiger partial charge in [-0.25, -0.2) is 0 Å². The summed E-state index contributed by atoms with van der Waals surface area (Å²) in [7, 11) is 0. The maximum Gasteiger partial charge on any atom is 0.0312 e. The van der Waals surface area contributed by atoms with E-state index in [2.05, 4.69) is 46.3 Å².